The summed E-state index contributed by atoms with van der Waals surface area (Å²) < 4.78 is 1.63. The maximum atomic E-state index is 6.08. The van der Waals surface area contributed by atoms with E-state index in [2.05, 4.69) is 5.10 Å². The number of halogens is 1. The molecule has 2 aromatic rings. The van der Waals surface area contributed by atoms with Gasteiger partial charge in [-0.3, -0.25) is 0 Å². The lowest BCUT2D eigenvalue weighted by atomic mass is 10.2. The van der Waals surface area contributed by atoms with Gasteiger partial charge in [-0.25, -0.2) is 4.68 Å². The second-order valence-electron chi connectivity index (χ2n) is 3.46. The third-order valence-corrected chi connectivity index (χ3v) is 2.70. The van der Waals surface area contributed by atoms with Crippen molar-refractivity contribution in [3.63, 3.8) is 0 Å². The van der Waals surface area contributed by atoms with Crippen molar-refractivity contribution in [3.05, 3.63) is 41.0 Å². The Kier molecular flexibility index (Phi) is 3.12. The van der Waals surface area contributed by atoms with Crippen LogP contribution in [0.5, 0.6) is 0 Å². The Balaban J connectivity index is 2.45. The molecule has 0 aliphatic heterocycles. The van der Waals surface area contributed by atoms with Crippen LogP contribution in [0, 0.1) is 0 Å². The van der Waals surface area contributed by atoms with E-state index in [9.17, 15) is 0 Å². The quantitative estimate of drug-likeness (QED) is 0.851. The van der Waals surface area contributed by atoms with Crippen LogP contribution < -0.4 is 11.5 Å². The Bertz CT molecular complexity index is 492. The predicted molar refractivity (Wildman–Crippen MR) is 65.7 cm³/mol. The monoisotopic (exact) mass is 236 g/mol. The highest BCUT2D eigenvalue weighted by Gasteiger charge is 2.10. The number of anilines is 1. The summed E-state index contributed by atoms with van der Waals surface area (Å²) in [4.78, 5) is 0. The van der Waals surface area contributed by atoms with Gasteiger partial charge in [0.25, 0.3) is 0 Å². The van der Waals surface area contributed by atoms with E-state index >= 15 is 0 Å². The first-order valence-corrected chi connectivity index (χ1v) is 5.39. The molecule has 0 spiro atoms. The SMILES string of the molecule is NCCc1cnn(-c2ccccc2Cl)c1N. The molecule has 0 saturated carbocycles. The molecule has 4 N–H and O–H groups in total. The highest BCUT2D eigenvalue weighted by atomic mass is 35.5. The van der Waals surface area contributed by atoms with Gasteiger partial charge in [0.15, 0.2) is 0 Å². The van der Waals surface area contributed by atoms with Crippen molar-refractivity contribution in [3.8, 4) is 5.69 Å². The number of benzene rings is 1. The Morgan fingerprint density at radius 3 is 2.75 bits per heavy atom. The molecule has 0 aliphatic carbocycles. The van der Waals surface area contributed by atoms with Crippen LogP contribution in [0.4, 0.5) is 5.82 Å². The van der Waals surface area contributed by atoms with Crippen LogP contribution in [-0.4, -0.2) is 16.3 Å². The zero-order valence-electron chi connectivity index (χ0n) is 8.73. The number of nitrogens with zero attached hydrogens (tertiary/aromatic N) is 2. The van der Waals surface area contributed by atoms with Gasteiger partial charge >= 0.3 is 0 Å². The highest BCUT2D eigenvalue weighted by molar-refractivity contribution is 6.32. The second kappa shape index (κ2) is 4.55. The number of para-hydroxylation sites is 1. The highest BCUT2D eigenvalue weighted by Crippen LogP contribution is 2.23. The summed E-state index contributed by atoms with van der Waals surface area (Å²) in [7, 11) is 0. The van der Waals surface area contributed by atoms with Crippen LogP contribution in [0.25, 0.3) is 5.69 Å². The van der Waals surface area contributed by atoms with Gasteiger partial charge in [-0.2, -0.15) is 5.10 Å². The molecule has 1 heterocycles. The Hall–Kier alpha value is -1.52. The molecule has 1 aromatic heterocycles. The van der Waals surface area contributed by atoms with Gasteiger partial charge in [0.1, 0.15) is 5.82 Å². The number of rotatable bonds is 3. The molecule has 0 atom stereocenters. The van der Waals surface area contributed by atoms with Gasteiger partial charge < -0.3 is 11.5 Å². The number of aromatic nitrogens is 2. The van der Waals surface area contributed by atoms with Crippen LogP contribution in [0.15, 0.2) is 30.5 Å². The van der Waals surface area contributed by atoms with Crippen molar-refractivity contribution >= 4 is 17.4 Å². The molecule has 0 bridgehead atoms. The van der Waals surface area contributed by atoms with E-state index in [-0.39, 0.29) is 0 Å². The Labute approximate surface area is 98.8 Å². The summed E-state index contributed by atoms with van der Waals surface area (Å²) in [5.41, 5.74) is 13.2. The maximum absolute atomic E-state index is 6.08. The third-order valence-electron chi connectivity index (χ3n) is 2.38. The summed E-state index contributed by atoms with van der Waals surface area (Å²) in [5.74, 6) is 0.596. The summed E-state index contributed by atoms with van der Waals surface area (Å²) in [6.45, 7) is 0.554. The third kappa shape index (κ3) is 1.89. The smallest absolute Gasteiger partial charge is 0.130 e. The molecular formula is C11H13ClN4. The summed E-state index contributed by atoms with van der Waals surface area (Å²) in [6, 6.07) is 7.44. The number of hydrogen-bond acceptors (Lipinski definition) is 3. The summed E-state index contributed by atoms with van der Waals surface area (Å²) >= 11 is 6.08. The molecule has 1 aromatic carbocycles. The Morgan fingerprint density at radius 2 is 2.06 bits per heavy atom. The van der Waals surface area contributed by atoms with Crippen molar-refractivity contribution < 1.29 is 0 Å². The normalized spacial score (nSPS) is 10.6. The largest absolute Gasteiger partial charge is 0.383 e. The van der Waals surface area contributed by atoms with E-state index in [1.807, 2.05) is 18.2 Å². The number of nitrogen functional groups attached to an aromatic ring is 1. The zero-order chi connectivity index (χ0) is 11.5. The predicted octanol–water partition coefficient (Wildman–Crippen LogP) is 1.61. The molecule has 0 amide bonds. The molecule has 84 valence electrons. The minimum Gasteiger partial charge on any atom is -0.383 e. The Morgan fingerprint density at radius 1 is 1.31 bits per heavy atom. The molecule has 0 radical (unpaired) electrons. The van der Waals surface area contributed by atoms with Crippen molar-refractivity contribution in [1.82, 2.24) is 9.78 Å². The standard InChI is InChI=1S/C11H13ClN4/c12-9-3-1-2-4-10(9)16-11(14)8(5-6-13)7-15-16/h1-4,7H,5-6,13-14H2. The van der Waals surface area contributed by atoms with E-state index in [4.69, 9.17) is 23.1 Å². The lowest BCUT2D eigenvalue weighted by molar-refractivity contribution is 0.891. The van der Waals surface area contributed by atoms with Crippen molar-refractivity contribution in [2.24, 2.45) is 5.73 Å². The van der Waals surface area contributed by atoms with Crippen LogP contribution in [-0.2, 0) is 6.42 Å². The minimum absolute atomic E-state index is 0.554. The van der Waals surface area contributed by atoms with Crippen molar-refractivity contribution in [2.75, 3.05) is 12.3 Å². The molecule has 0 saturated heterocycles. The fourth-order valence-corrected chi connectivity index (χ4v) is 1.77. The fourth-order valence-electron chi connectivity index (χ4n) is 1.56. The van der Waals surface area contributed by atoms with E-state index < -0.39 is 0 Å². The van der Waals surface area contributed by atoms with Gasteiger partial charge in [0.2, 0.25) is 0 Å². The molecule has 0 unspecified atom stereocenters. The van der Waals surface area contributed by atoms with Gasteiger partial charge in [0, 0.05) is 5.56 Å². The molecular weight excluding hydrogens is 224 g/mol. The van der Waals surface area contributed by atoms with Crippen LogP contribution in [0.1, 0.15) is 5.56 Å². The minimum atomic E-state index is 0.554. The molecule has 0 aliphatic rings. The molecule has 16 heavy (non-hydrogen) atoms. The van der Waals surface area contributed by atoms with Crippen LogP contribution in [0.2, 0.25) is 5.02 Å². The first kappa shape index (κ1) is 11.0. The van der Waals surface area contributed by atoms with Gasteiger partial charge in [0.05, 0.1) is 16.9 Å². The van der Waals surface area contributed by atoms with Crippen LogP contribution in [0.3, 0.4) is 0 Å². The van der Waals surface area contributed by atoms with Gasteiger partial charge in [-0.15, -0.1) is 0 Å². The van der Waals surface area contributed by atoms with E-state index in [1.165, 1.54) is 0 Å². The van der Waals surface area contributed by atoms with Crippen molar-refractivity contribution in [1.29, 1.82) is 0 Å². The van der Waals surface area contributed by atoms with Gasteiger partial charge in [-0.05, 0) is 25.1 Å². The van der Waals surface area contributed by atoms with E-state index in [1.54, 1.807) is 16.9 Å². The second-order valence-corrected chi connectivity index (χ2v) is 3.86. The number of hydrogen-bond donors (Lipinski definition) is 2. The maximum Gasteiger partial charge on any atom is 0.130 e. The fraction of sp³-hybridized carbons (Fsp3) is 0.182. The molecule has 4 nitrogen and oxygen atoms in total. The lowest BCUT2D eigenvalue weighted by Crippen LogP contribution is -2.07. The van der Waals surface area contributed by atoms with E-state index in [0.29, 0.717) is 17.4 Å². The average Bonchev–Trinajstić information content (AvgIpc) is 2.62. The summed E-state index contributed by atoms with van der Waals surface area (Å²) in [5, 5.41) is 4.84. The number of nitrogens with two attached hydrogens (primary N) is 2. The average molecular weight is 237 g/mol. The van der Waals surface area contributed by atoms with Crippen molar-refractivity contribution in [2.45, 2.75) is 6.42 Å². The molecule has 2 rings (SSSR count). The zero-order valence-corrected chi connectivity index (χ0v) is 9.48. The summed E-state index contributed by atoms with van der Waals surface area (Å²) in [6.07, 6.45) is 2.45. The van der Waals surface area contributed by atoms with Gasteiger partial charge in [-0.1, -0.05) is 23.7 Å². The first-order valence-electron chi connectivity index (χ1n) is 5.01. The van der Waals surface area contributed by atoms with E-state index in [0.717, 1.165) is 17.7 Å². The molecule has 0 fully saturated rings. The molecule has 5 heteroatoms. The topological polar surface area (TPSA) is 69.9 Å². The first-order chi connectivity index (χ1) is 7.74. The lowest BCUT2D eigenvalue weighted by Gasteiger charge is -2.06. The van der Waals surface area contributed by atoms with Crippen LogP contribution >= 0.6 is 11.6 Å².